The number of hydrogen-bond donors (Lipinski definition) is 2. The molecule has 1 aliphatic heterocycles. The summed E-state index contributed by atoms with van der Waals surface area (Å²) in [5, 5.41) is 8.39. The topological polar surface area (TPSA) is 106 Å². The average molecular weight is 286 g/mol. The Kier molecular flexibility index (Phi) is 4.01. The van der Waals surface area contributed by atoms with Crippen molar-refractivity contribution >= 4 is 21.7 Å². The molecule has 0 spiro atoms. The van der Waals surface area contributed by atoms with Crippen LogP contribution in [-0.2, 0) is 14.8 Å². The Labute approximate surface area is 110 Å². The molecular weight excluding hydrogens is 272 g/mol. The lowest BCUT2D eigenvalue weighted by Gasteiger charge is -2.22. The van der Waals surface area contributed by atoms with Gasteiger partial charge in [-0.2, -0.15) is 0 Å². The Morgan fingerprint density at radius 1 is 1.42 bits per heavy atom. The summed E-state index contributed by atoms with van der Waals surface area (Å²) in [6.45, 7) is 0.787. The van der Waals surface area contributed by atoms with E-state index in [0.717, 1.165) is 0 Å². The Bertz CT molecular complexity index is 566. The van der Waals surface area contributed by atoms with E-state index in [0.29, 0.717) is 26.1 Å². The number of aromatic carboxylic acids is 1. The second-order valence-electron chi connectivity index (χ2n) is 4.16. The minimum atomic E-state index is -3.63. The van der Waals surface area contributed by atoms with Gasteiger partial charge in [0.15, 0.2) is 5.69 Å². The van der Waals surface area contributed by atoms with Crippen LogP contribution in [0.4, 0.5) is 5.69 Å². The number of rotatable bonds is 4. The highest BCUT2D eigenvalue weighted by Gasteiger charge is 2.28. The van der Waals surface area contributed by atoms with Gasteiger partial charge in [0.25, 0.3) is 0 Å². The maximum Gasteiger partial charge on any atom is 0.356 e. The summed E-state index contributed by atoms with van der Waals surface area (Å²) >= 11 is 0. The quantitative estimate of drug-likeness (QED) is 0.844. The first kappa shape index (κ1) is 13.8. The monoisotopic (exact) mass is 286 g/mol. The van der Waals surface area contributed by atoms with Crippen LogP contribution in [-0.4, -0.2) is 42.9 Å². The highest BCUT2D eigenvalue weighted by atomic mass is 32.2. The molecule has 1 aromatic heterocycles. The number of aromatic nitrogens is 1. The van der Waals surface area contributed by atoms with E-state index in [9.17, 15) is 13.2 Å². The fourth-order valence-corrected chi connectivity index (χ4v) is 3.33. The highest BCUT2D eigenvalue weighted by Crippen LogP contribution is 2.20. The van der Waals surface area contributed by atoms with Gasteiger partial charge in [-0.3, -0.25) is 4.72 Å². The molecule has 104 valence electrons. The normalized spacial score (nSPS) is 17.1. The summed E-state index contributed by atoms with van der Waals surface area (Å²) in [4.78, 5) is 14.6. The van der Waals surface area contributed by atoms with E-state index in [2.05, 4.69) is 9.71 Å². The van der Waals surface area contributed by atoms with Gasteiger partial charge >= 0.3 is 5.97 Å². The van der Waals surface area contributed by atoms with Crippen LogP contribution in [0.3, 0.4) is 0 Å². The standard InChI is InChI=1S/C11H14N2O5S/c14-11(15)10-9(2-1-5-12-10)13-19(16,17)8-3-6-18-7-4-8/h1-2,5,8,13H,3-4,6-7H2,(H,14,15). The van der Waals surface area contributed by atoms with Crippen molar-refractivity contribution in [1.82, 2.24) is 4.98 Å². The molecule has 2 N–H and O–H groups in total. The predicted octanol–water partition coefficient (Wildman–Crippen LogP) is 0.700. The molecule has 0 bridgehead atoms. The molecule has 0 aliphatic carbocycles. The molecule has 0 amide bonds. The summed E-state index contributed by atoms with van der Waals surface area (Å²) < 4.78 is 31.7. The number of carbonyl (C=O) groups is 1. The van der Waals surface area contributed by atoms with Crippen LogP contribution >= 0.6 is 0 Å². The van der Waals surface area contributed by atoms with Gasteiger partial charge in [0.05, 0.1) is 10.9 Å². The van der Waals surface area contributed by atoms with Gasteiger partial charge in [-0.25, -0.2) is 18.2 Å². The van der Waals surface area contributed by atoms with Crippen molar-refractivity contribution in [3.63, 3.8) is 0 Å². The van der Waals surface area contributed by atoms with Crippen molar-refractivity contribution in [2.24, 2.45) is 0 Å². The van der Waals surface area contributed by atoms with E-state index in [1.807, 2.05) is 0 Å². The molecule has 7 nitrogen and oxygen atoms in total. The molecule has 0 atom stereocenters. The Morgan fingerprint density at radius 3 is 2.74 bits per heavy atom. The first-order valence-electron chi connectivity index (χ1n) is 5.78. The maximum atomic E-state index is 12.1. The molecule has 1 aromatic rings. The van der Waals surface area contributed by atoms with Crippen molar-refractivity contribution in [3.8, 4) is 0 Å². The molecule has 1 saturated heterocycles. The zero-order valence-corrected chi connectivity index (χ0v) is 10.9. The Morgan fingerprint density at radius 2 is 2.11 bits per heavy atom. The number of sulfonamides is 1. The molecule has 1 aliphatic rings. The number of carboxylic acids is 1. The van der Waals surface area contributed by atoms with Crippen LogP contribution in [0, 0.1) is 0 Å². The zero-order chi connectivity index (χ0) is 13.9. The third kappa shape index (κ3) is 3.21. The van der Waals surface area contributed by atoms with Crippen LogP contribution < -0.4 is 4.72 Å². The summed E-state index contributed by atoms with van der Waals surface area (Å²) in [6.07, 6.45) is 2.10. The number of hydrogen-bond acceptors (Lipinski definition) is 5. The zero-order valence-electron chi connectivity index (χ0n) is 10.1. The van der Waals surface area contributed by atoms with E-state index in [1.54, 1.807) is 0 Å². The van der Waals surface area contributed by atoms with Crippen molar-refractivity contribution in [1.29, 1.82) is 0 Å². The fraction of sp³-hybridized carbons (Fsp3) is 0.455. The van der Waals surface area contributed by atoms with E-state index in [1.165, 1.54) is 18.3 Å². The maximum absolute atomic E-state index is 12.1. The Hall–Kier alpha value is -1.67. The molecule has 0 saturated carbocycles. The molecular formula is C11H14N2O5S. The number of nitrogens with zero attached hydrogens (tertiary/aromatic N) is 1. The minimum absolute atomic E-state index is 0.0125. The van der Waals surface area contributed by atoms with Gasteiger partial charge < -0.3 is 9.84 Å². The van der Waals surface area contributed by atoms with Crippen LogP contribution in [0.1, 0.15) is 23.3 Å². The minimum Gasteiger partial charge on any atom is -0.476 e. The molecule has 2 heterocycles. The lowest BCUT2D eigenvalue weighted by molar-refractivity contribution is 0.0691. The first-order chi connectivity index (χ1) is 9.00. The summed E-state index contributed by atoms with van der Waals surface area (Å²) in [5.41, 5.74) is -0.320. The van der Waals surface area contributed by atoms with Gasteiger partial charge in [0.1, 0.15) is 0 Å². The van der Waals surface area contributed by atoms with E-state index in [-0.39, 0.29) is 11.4 Å². The highest BCUT2D eigenvalue weighted by molar-refractivity contribution is 7.93. The Balaban J connectivity index is 2.22. The van der Waals surface area contributed by atoms with Crippen LogP contribution in [0.2, 0.25) is 0 Å². The van der Waals surface area contributed by atoms with E-state index in [4.69, 9.17) is 9.84 Å². The number of nitrogens with one attached hydrogen (secondary N) is 1. The van der Waals surface area contributed by atoms with Crippen molar-refractivity contribution in [2.75, 3.05) is 17.9 Å². The fourth-order valence-electron chi connectivity index (χ4n) is 1.88. The smallest absolute Gasteiger partial charge is 0.356 e. The van der Waals surface area contributed by atoms with Crippen LogP contribution in [0.25, 0.3) is 0 Å². The molecule has 0 radical (unpaired) electrons. The van der Waals surface area contributed by atoms with Gasteiger partial charge in [-0.1, -0.05) is 0 Å². The predicted molar refractivity (Wildman–Crippen MR) is 67.6 cm³/mol. The van der Waals surface area contributed by atoms with Gasteiger partial charge in [0.2, 0.25) is 10.0 Å². The van der Waals surface area contributed by atoms with Crippen LogP contribution in [0.15, 0.2) is 18.3 Å². The van der Waals surface area contributed by atoms with Gasteiger partial charge in [-0.15, -0.1) is 0 Å². The third-order valence-corrected chi connectivity index (χ3v) is 4.72. The summed E-state index contributed by atoms with van der Waals surface area (Å²) in [6, 6.07) is 2.86. The van der Waals surface area contributed by atoms with Gasteiger partial charge in [0, 0.05) is 19.4 Å². The van der Waals surface area contributed by atoms with E-state index >= 15 is 0 Å². The number of carboxylic acid groups (broad SMARTS) is 1. The van der Waals surface area contributed by atoms with E-state index < -0.39 is 21.2 Å². The second-order valence-corrected chi connectivity index (χ2v) is 6.12. The number of pyridine rings is 1. The lowest BCUT2D eigenvalue weighted by atomic mass is 10.2. The largest absolute Gasteiger partial charge is 0.476 e. The number of anilines is 1. The van der Waals surface area contributed by atoms with Crippen molar-refractivity contribution < 1.29 is 23.1 Å². The average Bonchev–Trinajstić information content (AvgIpc) is 2.39. The third-order valence-electron chi connectivity index (χ3n) is 2.87. The number of ether oxygens (including phenoxy) is 1. The molecule has 19 heavy (non-hydrogen) atoms. The lowest BCUT2D eigenvalue weighted by Crippen LogP contribution is -2.33. The van der Waals surface area contributed by atoms with Crippen molar-refractivity contribution in [3.05, 3.63) is 24.0 Å². The SMILES string of the molecule is O=C(O)c1ncccc1NS(=O)(=O)C1CCOCC1. The molecule has 2 rings (SSSR count). The van der Waals surface area contributed by atoms with Crippen molar-refractivity contribution in [2.45, 2.75) is 18.1 Å². The molecule has 0 unspecified atom stereocenters. The molecule has 0 aromatic carbocycles. The second kappa shape index (κ2) is 5.54. The van der Waals surface area contributed by atoms with Crippen LogP contribution in [0.5, 0.6) is 0 Å². The summed E-state index contributed by atoms with van der Waals surface area (Å²) in [5.74, 6) is -1.27. The van der Waals surface area contributed by atoms with Gasteiger partial charge in [-0.05, 0) is 25.0 Å². The first-order valence-corrected chi connectivity index (χ1v) is 7.33. The molecule has 1 fully saturated rings. The molecule has 8 heteroatoms. The summed E-state index contributed by atoms with van der Waals surface area (Å²) in [7, 11) is -3.63.